The fourth-order valence-electron chi connectivity index (χ4n) is 3.04. The molecular formula is C19H33NO2. The van der Waals surface area contributed by atoms with E-state index < -0.39 is 0 Å². The van der Waals surface area contributed by atoms with Crippen LogP contribution in [-0.2, 0) is 4.79 Å². The summed E-state index contributed by atoms with van der Waals surface area (Å²) in [5, 5.41) is 10.2. The van der Waals surface area contributed by atoms with Crippen molar-refractivity contribution in [3.63, 3.8) is 0 Å². The molecule has 0 aromatic heterocycles. The number of allylic oxidation sites excluding steroid dienone is 2. The quantitative estimate of drug-likeness (QED) is 0.371. The summed E-state index contributed by atoms with van der Waals surface area (Å²) >= 11 is 0. The first kappa shape index (κ1) is 18.9. The molecule has 0 spiro atoms. The molecule has 0 amide bonds. The van der Waals surface area contributed by atoms with Crippen LogP contribution in [0.1, 0.15) is 85.5 Å². The molecule has 0 aromatic carbocycles. The third-order valence-corrected chi connectivity index (χ3v) is 4.19. The topological polar surface area (TPSA) is 49.7 Å². The fourth-order valence-corrected chi connectivity index (χ4v) is 3.04. The van der Waals surface area contributed by atoms with Crippen LogP contribution in [0, 0.1) is 5.41 Å². The third kappa shape index (κ3) is 5.94. The van der Waals surface area contributed by atoms with Crippen LogP contribution in [0.2, 0.25) is 0 Å². The van der Waals surface area contributed by atoms with Gasteiger partial charge in [0.15, 0.2) is 5.78 Å². The van der Waals surface area contributed by atoms with Gasteiger partial charge in [-0.2, -0.15) is 0 Å². The first-order chi connectivity index (χ1) is 10.4. The molecule has 0 radical (unpaired) electrons. The lowest BCUT2D eigenvalue weighted by atomic mass is 9.73. The number of aliphatic hydroxyl groups excluding tert-OH is 1. The lowest BCUT2D eigenvalue weighted by Gasteiger charge is -2.31. The van der Waals surface area contributed by atoms with Gasteiger partial charge in [0, 0.05) is 25.1 Å². The SMILES string of the molecule is CCCCCCCN=C1CC(C)(C)CC(=O)C1=C(O)CCC. The summed E-state index contributed by atoms with van der Waals surface area (Å²) in [5.41, 5.74) is 1.31. The highest BCUT2D eigenvalue weighted by molar-refractivity contribution is 6.24. The van der Waals surface area contributed by atoms with Gasteiger partial charge in [-0.3, -0.25) is 9.79 Å². The normalized spacial score (nSPS) is 22.2. The Hall–Kier alpha value is -1.12. The van der Waals surface area contributed by atoms with E-state index in [1.54, 1.807) is 0 Å². The van der Waals surface area contributed by atoms with Crippen LogP contribution in [0.4, 0.5) is 0 Å². The van der Waals surface area contributed by atoms with Crippen LogP contribution in [-0.4, -0.2) is 23.1 Å². The Morgan fingerprint density at radius 1 is 1.09 bits per heavy atom. The lowest BCUT2D eigenvalue weighted by Crippen LogP contribution is -2.32. The van der Waals surface area contributed by atoms with E-state index in [2.05, 4.69) is 25.8 Å². The van der Waals surface area contributed by atoms with E-state index in [0.717, 1.165) is 31.5 Å². The van der Waals surface area contributed by atoms with Gasteiger partial charge in [0.05, 0.1) is 5.57 Å². The van der Waals surface area contributed by atoms with Crippen molar-refractivity contribution in [2.75, 3.05) is 6.54 Å². The van der Waals surface area contributed by atoms with E-state index in [9.17, 15) is 9.90 Å². The number of rotatable bonds is 8. The van der Waals surface area contributed by atoms with Crippen molar-refractivity contribution in [2.45, 2.75) is 85.5 Å². The number of nitrogens with zero attached hydrogens (tertiary/aromatic N) is 1. The van der Waals surface area contributed by atoms with E-state index in [-0.39, 0.29) is 17.0 Å². The highest BCUT2D eigenvalue weighted by Crippen LogP contribution is 2.35. The van der Waals surface area contributed by atoms with Gasteiger partial charge in [-0.25, -0.2) is 0 Å². The number of aliphatic imine (C=N–C) groups is 1. The molecule has 3 heteroatoms. The highest BCUT2D eigenvalue weighted by Gasteiger charge is 2.35. The molecule has 0 saturated heterocycles. The number of aliphatic hydroxyl groups is 1. The Labute approximate surface area is 135 Å². The molecular weight excluding hydrogens is 274 g/mol. The maximum Gasteiger partial charge on any atom is 0.168 e. The molecule has 0 atom stereocenters. The van der Waals surface area contributed by atoms with Gasteiger partial charge in [-0.15, -0.1) is 0 Å². The van der Waals surface area contributed by atoms with Crippen LogP contribution in [0.5, 0.6) is 0 Å². The molecule has 1 fully saturated rings. The van der Waals surface area contributed by atoms with Crippen LogP contribution in [0.3, 0.4) is 0 Å². The van der Waals surface area contributed by atoms with Gasteiger partial charge in [-0.05, 0) is 24.7 Å². The number of ketones is 1. The van der Waals surface area contributed by atoms with Crippen molar-refractivity contribution in [3.8, 4) is 0 Å². The summed E-state index contributed by atoms with van der Waals surface area (Å²) in [7, 11) is 0. The molecule has 0 unspecified atom stereocenters. The van der Waals surface area contributed by atoms with E-state index >= 15 is 0 Å². The zero-order chi connectivity index (χ0) is 16.6. The molecule has 1 rings (SSSR count). The van der Waals surface area contributed by atoms with Gasteiger partial charge in [-0.1, -0.05) is 53.4 Å². The van der Waals surface area contributed by atoms with Crippen molar-refractivity contribution in [1.29, 1.82) is 0 Å². The van der Waals surface area contributed by atoms with E-state index in [1.807, 2.05) is 6.92 Å². The molecule has 1 saturated carbocycles. The Morgan fingerprint density at radius 3 is 2.41 bits per heavy atom. The van der Waals surface area contributed by atoms with Crippen molar-refractivity contribution < 1.29 is 9.90 Å². The van der Waals surface area contributed by atoms with Crippen molar-refractivity contribution >= 4 is 11.5 Å². The van der Waals surface area contributed by atoms with Gasteiger partial charge in [0.25, 0.3) is 0 Å². The lowest BCUT2D eigenvalue weighted by molar-refractivity contribution is -0.117. The molecule has 1 aliphatic rings. The summed E-state index contributed by atoms with van der Waals surface area (Å²) in [4.78, 5) is 17.1. The molecule has 0 heterocycles. The van der Waals surface area contributed by atoms with Gasteiger partial charge < -0.3 is 5.11 Å². The Morgan fingerprint density at radius 2 is 1.77 bits per heavy atom. The molecule has 126 valence electrons. The zero-order valence-electron chi connectivity index (χ0n) is 14.9. The first-order valence-corrected chi connectivity index (χ1v) is 8.90. The van der Waals surface area contributed by atoms with Crippen molar-refractivity contribution in [1.82, 2.24) is 0 Å². The number of carbonyl (C=O) groups excluding carboxylic acids is 1. The largest absolute Gasteiger partial charge is 0.511 e. The number of hydrogen-bond donors (Lipinski definition) is 1. The summed E-state index contributed by atoms with van der Waals surface area (Å²) < 4.78 is 0. The van der Waals surface area contributed by atoms with Gasteiger partial charge in [0.1, 0.15) is 5.76 Å². The average Bonchev–Trinajstić information content (AvgIpc) is 2.41. The predicted octanol–water partition coefficient (Wildman–Crippen LogP) is 5.40. The summed E-state index contributed by atoms with van der Waals surface area (Å²) in [6.07, 6.45) is 8.76. The Balaban J connectivity index is 2.79. The summed E-state index contributed by atoms with van der Waals surface area (Å²) in [6.45, 7) is 9.21. The fraction of sp³-hybridized carbons (Fsp3) is 0.789. The van der Waals surface area contributed by atoms with Crippen molar-refractivity contribution in [3.05, 3.63) is 11.3 Å². The molecule has 1 N–H and O–H groups in total. The number of carbonyl (C=O) groups is 1. The molecule has 0 aromatic rings. The highest BCUT2D eigenvalue weighted by atomic mass is 16.3. The molecule has 0 bridgehead atoms. The molecule has 0 aliphatic heterocycles. The smallest absolute Gasteiger partial charge is 0.168 e. The molecule has 3 nitrogen and oxygen atoms in total. The average molecular weight is 307 g/mol. The van der Waals surface area contributed by atoms with Crippen molar-refractivity contribution in [2.24, 2.45) is 10.4 Å². The zero-order valence-corrected chi connectivity index (χ0v) is 14.9. The Bertz CT molecular complexity index is 433. The van der Waals surface area contributed by atoms with Crippen LogP contribution < -0.4 is 0 Å². The molecule has 22 heavy (non-hydrogen) atoms. The maximum atomic E-state index is 12.4. The van der Waals surface area contributed by atoms with Crippen LogP contribution in [0.25, 0.3) is 0 Å². The second-order valence-electron chi connectivity index (χ2n) is 7.26. The van der Waals surface area contributed by atoms with Crippen LogP contribution in [0.15, 0.2) is 16.3 Å². The minimum Gasteiger partial charge on any atom is -0.511 e. The second kappa shape index (κ2) is 9.12. The van der Waals surface area contributed by atoms with Gasteiger partial charge in [0.2, 0.25) is 0 Å². The minimum absolute atomic E-state index is 0.0475. The van der Waals surface area contributed by atoms with Crippen LogP contribution >= 0.6 is 0 Å². The predicted molar refractivity (Wildman–Crippen MR) is 93.6 cm³/mol. The van der Waals surface area contributed by atoms with E-state index in [4.69, 9.17) is 0 Å². The van der Waals surface area contributed by atoms with E-state index in [1.165, 1.54) is 25.7 Å². The van der Waals surface area contributed by atoms with Gasteiger partial charge >= 0.3 is 0 Å². The third-order valence-electron chi connectivity index (χ3n) is 4.19. The number of unbranched alkanes of at least 4 members (excludes halogenated alkanes) is 4. The second-order valence-corrected chi connectivity index (χ2v) is 7.26. The number of Topliss-reactive ketones (excluding diaryl/α,β-unsaturated/α-hetero) is 1. The molecule has 1 aliphatic carbocycles. The maximum absolute atomic E-state index is 12.4. The first-order valence-electron chi connectivity index (χ1n) is 8.90. The monoisotopic (exact) mass is 307 g/mol. The minimum atomic E-state index is -0.0475. The summed E-state index contributed by atoms with van der Waals surface area (Å²) in [6, 6.07) is 0. The standard InChI is InChI=1S/C19H33NO2/c1-5-7-8-9-10-12-20-15-13-19(3,4)14-17(22)18(15)16(21)11-6-2/h21H,5-14H2,1-4H3. The Kier molecular flexibility index (Phi) is 7.84. The summed E-state index contributed by atoms with van der Waals surface area (Å²) in [5.74, 6) is 0.305. The number of hydrogen-bond acceptors (Lipinski definition) is 3. The van der Waals surface area contributed by atoms with E-state index in [0.29, 0.717) is 18.4 Å².